The van der Waals surface area contributed by atoms with Crippen molar-refractivity contribution in [3.05, 3.63) is 41.3 Å². The van der Waals surface area contributed by atoms with E-state index in [4.69, 9.17) is 4.74 Å². The van der Waals surface area contributed by atoms with E-state index in [1.807, 2.05) is 56.0 Å². The summed E-state index contributed by atoms with van der Waals surface area (Å²) in [7, 11) is -3.53. The molecule has 0 spiro atoms. The summed E-state index contributed by atoms with van der Waals surface area (Å²) in [5, 5.41) is 4.04. The van der Waals surface area contributed by atoms with Crippen molar-refractivity contribution in [1.29, 1.82) is 0 Å². The molecular weight excluding hydrogens is 454 g/mol. The van der Waals surface area contributed by atoms with Crippen LogP contribution in [0, 0.1) is 5.92 Å². The van der Waals surface area contributed by atoms with E-state index in [0.29, 0.717) is 39.0 Å². The normalized spacial score (nSPS) is 20.9. The zero-order chi connectivity index (χ0) is 24.8. The van der Waals surface area contributed by atoms with Crippen LogP contribution >= 0.6 is 0 Å². The summed E-state index contributed by atoms with van der Waals surface area (Å²) in [4.78, 5) is 27.2. The van der Waals surface area contributed by atoms with Crippen molar-refractivity contribution in [3.8, 4) is 0 Å². The largest absolute Gasteiger partial charge is 0.444 e. The van der Waals surface area contributed by atoms with Crippen LogP contribution in [0.5, 0.6) is 0 Å². The lowest BCUT2D eigenvalue weighted by Crippen LogP contribution is -2.53. The first kappa shape index (κ1) is 26.2. The molecule has 1 unspecified atom stereocenters. The smallest absolute Gasteiger partial charge is 0.407 e. The van der Waals surface area contributed by atoms with Crippen molar-refractivity contribution < 1.29 is 22.7 Å². The molecule has 1 aromatic carbocycles. The van der Waals surface area contributed by atoms with E-state index < -0.39 is 21.7 Å². The van der Waals surface area contributed by atoms with Gasteiger partial charge in [0.2, 0.25) is 15.9 Å². The molecule has 2 heterocycles. The first-order valence-electron chi connectivity index (χ1n) is 12.1. The Bertz CT molecular complexity index is 964. The van der Waals surface area contributed by atoms with Gasteiger partial charge in [0.25, 0.3) is 0 Å². The zero-order valence-electron chi connectivity index (χ0n) is 20.4. The molecular formula is C25H37N3O5S. The lowest BCUT2D eigenvalue weighted by atomic mass is 9.93. The maximum atomic E-state index is 13.3. The predicted molar refractivity (Wildman–Crippen MR) is 132 cm³/mol. The minimum Gasteiger partial charge on any atom is -0.444 e. The number of rotatable bonds is 6. The van der Waals surface area contributed by atoms with Crippen molar-refractivity contribution >= 4 is 28.1 Å². The number of likely N-dealkylation sites (tertiary alicyclic amines) is 1. The van der Waals surface area contributed by atoms with Crippen LogP contribution in [0.2, 0.25) is 0 Å². The van der Waals surface area contributed by atoms with Gasteiger partial charge in [-0.15, -0.1) is 0 Å². The van der Waals surface area contributed by atoms with Gasteiger partial charge in [-0.05, 0) is 64.5 Å². The van der Waals surface area contributed by atoms with Crippen LogP contribution in [0.3, 0.4) is 0 Å². The van der Waals surface area contributed by atoms with Gasteiger partial charge in [-0.2, -0.15) is 4.31 Å². The Kier molecular flexibility index (Phi) is 8.76. The first-order valence-corrected chi connectivity index (χ1v) is 13.6. The van der Waals surface area contributed by atoms with Crippen LogP contribution in [0.15, 0.2) is 35.7 Å². The van der Waals surface area contributed by atoms with Crippen molar-refractivity contribution in [2.24, 2.45) is 5.92 Å². The zero-order valence-corrected chi connectivity index (χ0v) is 21.2. The molecule has 0 aliphatic carbocycles. The van der Waals surface area contributed by atoms with Gasteiger partial charge in [0.1, 0.15) is 5.60 Å². The minimum atomic E-state index is -3.53. The third kappa shape index (κ3) is 7.56. The van der Waals surface area contributed by atoms with E-state index >= 15 is 0 Å². The van der Waals surface area contributed by atoms with Crippen LogP contribution < -0.4 is 5.32 Å². The molecule has 3 rings (SSSR count). The molecule has 8 nitrogen and oxygen atoms in total. The van der Waals surface area contributed by atoms with Crippen molar-refractivity contribution in [3.63, 3.8) is 0 Å². The van der Waals surface area contributed by atoms with E-state index in [0.717, 1.165) is 24.8 Å². The topological polar surface area (TPSA) is 96.0 Å². The van der Waals surface area contributed by atoms with E-state index in [2.05, 4.69) is 5.32 Å². The average molecular weight is 492 g/mol. The highest BCUT2D eigenvalue weighted by atomic mass is 32.2. The predicted octanol–water partition coefficient (Wildman–Crippen LogP) is 3.60. The standard InChI is InChI=1S/C25H37N3O5S/c1-25(2,3)33-24(30)26-19-22-11-7-8-15-28(22)23(29)21-12-16-27(17-13-21)34(31,32)18-14-20-9-5-4-6-10-20/h4-6,9-10,14,18,21-22H,7-8,11-13,15-17,19H2,1-3H3,(H,26,30)/b18-14+. The van der Waals surface area contributed by atoms with Gasteiger partial charge < -0.3 is 15.0 Å². The lowest BCUT2D eigenvalue weighted by molar-refractivity contribution is -0.140. The fourth-order valence-corrected chi connectivity index (χ4v) is 5.65. The molecule has 0 aromatic heterocycles. The number of hydrogen-bond donors (Lipinski definition) is 1. The molecule has 2 amide bonds. The van der Waals surface area contributed by atoms with Crippen molar-refractivity contribution in [2.45, 2.75) is 64.5 Å². The maximum absolute atomic E-state index is 13.3. The van der Waals surface area contributed by atoms with Crippen LogP contribution in [-0.4, -0.2) is 67.4 Å². The average Bonchev–Trinajstić information content (AvgIpc) is 2.81. The number of nitrogens with one attached hydrogen (secondary N) is 1. The fourth-order valence-electron chi connectivity index (χ4n) is 4.42. The SMILES string of the molecule is CC(C)(C)OC(=O)NCC1CCCCN1C(=O)C1CCN(S(=O)(=O)/C=C/c2ccccc2)CC1. The molecule has 0 bridgehead atoms. The number of carbonyl (C=O) groups is 2. The summed E-state index contributed by atoms with van der Waals surface area (Å²) in [5.41, 5.74) is 0.254. The number of amides is 2. The van der Waals surface area contributed by atoms with Crippen LogP contribution in [0.4, 0.5) is 4.79 Å². The monoisotopic (exact) mass is 491 g/mol. The number of sulfonamides is 1. The number of ether oxygens (including phenoxy) is 1. The molecule has 1 aromatic rings. The number of alkyl carbamates (subject to hydrolysis) is 1. The quantitative estimate of drug-likeness (QED) is 0.656. The summed E-state index contributed by atoms with van der Waals surface area (Å²) in [6.07, 6.45) is 4.90. The molecule has 1 atom stereocenters. The summed E-state index contributed by atoms with van der Waals surface area (Å²) in [5.74, 6) is -0.140. The van der Waals surface area contributed by atoms with Crippen molar-refractivity contribution in [1.82, 2.24) is 14.5 Å². The number of benzene rings is 1. The minimum absolute atomic E-state index is 0.0626. The maximum Gasteiger partial charge on any atom is 0.407 e. The van der Waals surface area contributed by atoms with Gasteiger partial charge in [-0.3, -0.25) is 4.79 Å². The molecule has 2 aliphatic heterocycles. The summed E-state index contributed by atoms with van der Waals surface area (Å²) >= 11 is 0. The van der Waals surface area contributed by atoms with Gasteiger partial charge in [-0.25, -0.2) is 13.2 Å². The molecule has 0 radical (unpaired) electrons. The molecule has 0 saturated carbocycles. The van der Waals surface area contributed by atoms with Gasteiger partial charge in [0, 0.05) is 43.5 Å². The lowest BCUT2D eigenvalue weighted by Gasteiger charge is -2.39. The van der Waals surface area contributed by atoms with Crippen LogP contribution in [-0.2, 0) is 19.6 Å². The van der Waals surface area contributed by atoms with Crippen LogP contribution in [0.25, 0.3) is 6.08 Å². The Morgan fingerprint density at radius 2 is 1.74 bits per heavy atom. The molecule has 188 valence electrons. The van der Waals surface area contributed by atoms with Gasteiger partial charge >= 0.3 is 6.09 Å². The summed E-state index contributed by atoms with van der Waals surface area (Å²) in [6, 6.07) is 9.24. The number of hydrogen-bond acceptors (Lipinski definition) is 5. The van der Waals surface area contributed by atoms with Gasteiger partial charge in [0.05, 0.1) is 0 Å². The number of nitrogens with zero attached hydrogens (tertiary/aromatic N) is 2. The van der Waals surface area contributed by atoms with E-state index in [1.54, 1.807) is 6.08 Å². The summed E-state index contributed by atoms with van der Waals surface area (Å²) < 4.78 is 32.2. The summed E-state index contributed by atoms with van der Waals surface area (Å²) in [6.45, 7) is 7.11. The first-order chi connectivity index (χ1) is 16.0. The molecule has 2 fully saturated rings. The van der Waals surface area contributed by atoms with Gasteiger partial charge in [0.15, 0.2) is 0 Å². The molecule has 2 saturated heterocycles. The Morgan fingerprint density at radius 3 is 2.38 bits per heavy atom. The number of carbonyl (C=O) groups excluding carboxylic acids is 2. The second kappa shape index (κ2) is 11.4. The Labute approximate surface area is 203 Å². The van der Waals surface area contributed by atoms with E-state index in [-0.39, 0.29) is 17.9 Å². The second-order valence-electron chi connectivity index (χ2n) is 10.00. The Hall–Kier alpha value is -2.39. The van der Waals surface area contributed by atoms with E-state index in [9.17, 15) is 18.0 Å². The highest BCUT2D eigenvalue weighted by molar-refractivity contribution is 7.92. The molecule has 2 aliphatic rings. The third-order valence-corrected chi connectivity index (χ3v) is 7.75. The third-order valence-electron chi connectivity index (χ3n) is 6.19. The fraction of sp³-hybridized carbons (Fsp3) is 0.600. The number of piperidine rings is 2. The molecule has 1 N–H and O–H groups in total. The Balaban J connectivity index is 1.53. The van der Waals surface area contributed by atoms with E-state index in [1.165, 1.54) is 9.71 Å². The van der Waals surface area contributed by atoms with Crippen LogP contribution in [0.1, 0.15) is 58.4 Å². The Morgan fingerprint density at radius 1 is 1.06 bits per heavy atom. The highest BCUT2D eigenvalue weighted by Crippen LogP contribution is 2.26. The molecule has 9 heteroatoms. The second-order valence-corrected chi connectivity index (χ2v) is 11.8. The van der Waals surface area contributed by atoms with Gasteiger partial charge in [-0.1, -0.05) is 30.3 Å². The molecule has 34 heavy (non-hydrogen) atoms. The van der Waals surface area contributed by atoms with Crippen molar-refractivity contribution in [2.75, 3.05) is 26.2 Å². The highest BCUT2D eigenvalue weighted by Gasteiger charge is 2.35.